The smallest absolute Gasteiger partial charge is 0.0599 e. The van der Waals surface area contributed by atoms with Crippen molar-refractivity contribution in [2.75, 3.05) is 26.3 Å². The maximum atomic E-state index is 9.05. The third kappa shape index (κ3) is 11.1. The van der Waals surface area contributed by atoms with E-state index < -0.39 is 0 Å². The van der Waals surface area contributed by atoms with Crippen LogP contribution in [-0.2, 0) is 0 Å². The standard InChI is InChI=1S/C17H38N2O2/c1-3-4-5-6-7-8-9-10-11-16(2)17(18)19(12-14-20)13-15-21/h16-17,20-21H,3-15,18H2,1-2H3. The fraction of sp³-hybridized carbons (Fsp3) is 1.00. The summed E-state index contributed by atoms with van der Waals surface area (Å²) >= 11 is 0. The van der Waals surface area contributed by atoms with E-state index in [-0.39, 0.29) is 19.4 Å². The van der Waals surface area contributed by atoms with Crippen LogP contribution in [0.2, 0.25) is 0 Å². The molecule has 0 aliphatic heterocycles. The molecule has 0 fully saturated rings. The predicted molar refractivity (Wildman–Crippen MR) is 90.1 cm³/mol. The highest BCUT2D eigenvalue weighted by Gasteiger charge is 2.19. The van der Waals surface area contributed by atoms with Crippen molar-refractivity contribution in [2.45, 2.75) is 77.8 Å². The Kier molecular flexibility index (Phi) is 14.7. The number of aliphatic hydroxyl groups excluding tert-OH is 2. The van der Waals surface area contributed by atoms with Gasteiger partial charge in [0, 0.05) is 13.1 Å². The van der Waals surface area contributed by atoms with Crippen molar-refractivity contribution in [1.29, 1.82) is 0 Å². The van der Waals surface area contributed by atoms with Gasteiger partial charge in [-0.3, -0.25) is 4.90 Å². The molecule has 0 bridgehead atoms. The van der Waals surface area contributed by atoms with Crippen molar-refractivity contribution < 1.29 is 10.2 Å². The van der Waals surface area contributed by atoms with E-state index in [1.807, 2.05) is 4.90 Å². The Morgan fingerprint density at radius 3 is 1.81 bits per heavy atom. The molecule has 21 heavy (non-hydrogen) atoms. The van der Waals surface area contributed by atoms with Gasteiger partial charge in [-0.05, 0) is 12.3 Å². The minimum Gasteiger partial charge on any atom is -0.395 e. The first-order chi connectivity index (χ1) is 10.2. The molecule has 4 heteroatoms. The first-order valence-electron chi connectivity index (χ1n) is 8.88. The molecule has 0 aliphatic carbocycles. The maximum absolute atomic E-state index is 9.05. The van der Waals surface area contributed by atoms with Crippen molar-refractivity contribution in [2.24, 2.45) is 11.7 Å². The Bertz CT molecular complexity index is 209. The summed E-state index contributed by atoms with van der Waals surface area (Å²) in [4.78, 5) is 1.98. The minimum absolute atomic E-state index is 0.0612. The lowest BCUT2D eigenvalue weighted by atomic mass is 9.98. The molecule has 0 aliphatic rings. The molecule has 0 saturated heterocycles. The Morgan fingerprint density at radius 1 is 0.857 bits per heavy atom. The molecule has 0 rings (SSSR count). The lowest BCUT2D eigenvalue weighted by Crippen LogP contribution is -2.48. The summed E-state index contributed by atoms with van der Waals surface area (Å²) in [5.41, 5.74) is 6.23. The fourth-order valence-corrected chi connectivity index (χ4v) is 2.80. The van der Waals surface area contributed by atoms with Gasteiger partial charge < -0.3 is 15.9 Å². The van der Waals surface area contributed by atoms with E-state index in [0.717, 1.165) is 6.42 Å². The summed E-state index contributed by atoms with van der Waals surface area (Å²) in [6.45, 7) is 5.71. The first-order valence-corrected chi connectivity index (χ1v) is 8.88. The van der Waals surface area contributed by atoms with E-state index in [2.05, 4.69) is 13.8 Å². The van der Waals surface area contributed by atoms with Crippen molar-refractivity contribution in [3.8, 4) is 0 Å². The van der Waals surface area contributed by atoms with E-state index in [4.69, 9.17) is 15.9 Å². The number of unbranched alkanes of at least 4 members (excludes halogenated alkanes) is 7. The molecule has 128 valence electrons. The molecule has 2 unspecified atom stereocenters. The average molecular weight is 303 g/mol. The summed E-state index contributed by atoms with van der Waals surface area (Å²) in [6.07, 6.45) is 11.7. The van der Waals surface area contributed by atoms with Crippen molar-refractivity contribution in [1.82, 2.24) is 4.90 Å². The van der Waals surface area contributed by atoms with Crippen LogP contribution in [0.3, 0.4) is 0 Å². The number of aliphatic hydroxyl groups is 2. The summed E-state index contributed by atoms with van der Waals surface area (Å²) < 4.78 is 0. The van der Waals surface area contributed by atoms with E-state index in [9.17, 15) is 0 Å². The van der Waals surface area contributed by atoms with E-state index in [1.54, 1.807) is 0 Å². The Labute approximate surface area is 131 Å². The zero-order valence-corrected chi connectivity index (χ0v) is 14.3. The molecular formula is C17H38N2O2. The van der Waals surface area contributed by atoms with Crippen molar-refractivity contribution in [3.05, 3.63) is 0 Å². The normalized spacial score (nSPS) is 14.6. The molecule has 0 spiro atoms. The third-order valence-corrected chi connectivity index (χ3v) is 4.29. The van der Waals surface area contributed by atoms with Gasteiger partial charge >= 0.3 is 0 Å². The largest absolute Gasteiger partial charge is 0.395 e. The number of nitrogens with two attached hydrogens (primary N) is 1. The molecule has 0 heterocycles. The summed E-state index contributed by atoms with van der Waals surface area (Å²) in [7, 11) is 0. The average Bonchev–Trinajstić information content (AvgIpc) is 2.48. The van der Waals surface area contributed by atoms with E-state index >= 15 is 0 Å². The van der Waals surface area contributed by atoms with Gasteiger partial charge in [0.2, 0.25) is 0 Å². The van der Waals surface area contributed by atoms with Gasteiger partial charge in [-0.15, -0.1) is 0 Å². The molecule has 0 radical (unpaired) electrons. The van der Waals surface area contributed by atoms with Crippen LogP contribution in [-0.4, -0.2) is 47.6 Å². The van der Waals surface area contributed by atoms with Gasteiger partial charge in [-0.2, -0.15) is 0 Å². The molecule has 2 atom stereocenters. The van der Waals surface area contributed by atoms with Crippen LogP contribution in [0.5, 0.6) is 0 Å². The lowest BCUT2D eigenvalue weighted by Gasteiger charge is -2.32. The maximum Gasteiger partial charge on any atom is 0.0599 e. The van der Waals surface area contributed by atoms with Gasteiger partial charge in [0.25, 0.3) is 0 Å². The SMILES string of the molecule is CCCCCCCCCCC(C)C(N)N(CCO)CCO. The van der Waals surface area contributed by atoms with Crippen LogP contribution in [0.1, 0.15) is 71.6 Å². The minimum atomic E-state index is -0.0612. The van der Waals surface area contributed by atoms with Crippen LogP contribution in [0.15, 0.2) is 0 Å². The molecular weight excluding hydrogens is 264 g/mol. The summed E-state index contributed by atoms with van der Waals surface area (Å²) in [5.74, 6) is 0.406. The summed E-state index contributed by atoms with van der Waals surface area (Å²) in [6, 6.07) is 0. The van der Waals surface area contributed by atoms with Gasteiger partial charge in [-0.1, -0.05) is 65.2 Å². The molecule has 0 amide bonds. The van der Waals surface area contributed by atoms with Gasteiger partial charge in [-0.25, -0.2) is 0 Å². The Hall–Kier alpha value is -0.160. The lowest BCUT2D eigenvalue weighted by molar-refractivity contribution is 0.0941. The van der Waals surface area contributed by atoms with Crippen molar-refractivity contribution >= 4 is 0 Å². The summed E-state index contributed by atoms with van der Waals surface area (Å²) in [5, 5.41) is 18.1. The monoisotopic (exact) mass is 302 g/mol. The molecule has 0 saturated carbocycles. The van der Waals surface area contributed by atoms with E-state index in [0.29, 0.717) is 19.0 Å². The van der Waals surface area contributed by atoms with Gasteiger partial charge in [0.05, 0.1) is 19.4 Å². The van der Waals surface area contributed by atoms with Gasteiger partial charge in [0.15, 0.2) is 0 Å². The third-order valence-electron chi connectivity index (χ3n) is 4.29. The van der Waals surface area contributed by atoms with Crippen LogP contribution in [0.25, 0.3) is 0 Å². The topological polar surface area (TPSA) is 69.7 Å². The van der Waals surface area contributed by atoms with Crippen LogP contribution < -0.4 is 5.73 Å². The zero-order valence-electron chi connectivity index (χ0n) is 14.3. The highest BCUT2D eigenvalue weighted by atomic mass is 16.3. The predicted octanol–water partition coefficient (Wildman–Crippen LogP) is 2.72. The highest BCUT2D eigenvalue weighted by molar-refractivity contribution is 4.71. The van der Waals surface area contributed by atoms with Crippen molar-refractivity contribution in [3.63, 3.8) is 0 Å². The number of rotatable bonds is 15. The van der Waals surface area contributed by atoms with Crippen LogP contribution in [0.4, 0.5) is 0 Å². The van der Waals surface area contributed by atoms with Gasteiger partial charge in [0.1, 0.15) is 0 Å². The number of nitrogens with zero attached hydrogens (tertiary/aromatic N) is 1. The number of hydrogen-bond donors (Lipinski definition) is 3. The molecule has 0 aromatic heterocycles. The highest BCUT2D eigenvalue weighted by Crippen LogP contribution is 2.16. The number of hydrogen-bond acceptors (Lipinski definition) is 4. The second-order valence-electron chi connectivity index (χ2n) is 6.21. The second-order valence-corrected chi connectivity index (χ2v) is 6.21. The molecule has 4 N–H and O–H groups in total. The van der Waals surface area contributed by atoms with Crippen LogP contribution in [0, 0.1) is 5.92 Å². The first kappa shape index (κ1) is 20.8. The van der Waals surface area contributed by atoms with E-state index in [1.165, 1.54) is 51.4 Å². The fourth-order valence-electron chi connectivity index (χ4n) is 2.80. The molecule has 0 aromatic rings. The van der Waals surface area contributed by atoms with Crippen LogP contribution >= 0.6 is 0 Å². The Balaban J connectivity index is 3.68. The second kappa shape index (κ2) is 14.8. The zero-order chi connectivity index (χ0) is 15.9. The molecule has 4 nitrogen and oxygen atoms in total. The quantitative estimate of drug-likeness (QED) is 0.321. The molecule has 0 aromatic carbocycles. The Morgan fingerprint density at radius 2 is 1.33 bits per heavy atom.